The Bertz CT molecular complexity index is 2590. The fourth-order valence-corrected chi connectivity index (χ4v) is 6.80. The van der Waals surface area contributed by atoms with Crippen LogP contribution in [0.3, 0.4) is 0 Å². The number of nitrogens with zero attached hydrogens (tertiary/aromatic N) is 3. The van der Waals surface area contributed by atoms with Gasteiger partial charge < -0.3 is 8.83 Å². The van der Waals surface area contributed by atoms with Gasteiger partial charge >= 0.3 is 0 Å². The standard InChI is InChI=1S/C38H21N3O2/c1-3-13-32-25(9-1)30-20-39-21-31(38(30)43-32)41(35-18-17-34-37(40-35)28-10-2-4-14-33(28)42-34)23-15-16-24-26-11-5-7-22-8-6-12-27(36(22)26)29(24)19-23/h1-21H. The molecule has 0 amide bonds. The van der Waals surface area contributed by atoms with Crippen molar-refractivity contribution in [1.29, 1.82) is 0 Å². The van der Waals surface area contributed by atoms with Gasteiger partial charge in [-0.15, -0.1) is 0 Å². The summed E-state index contributed by atoms with van der Waals surface area (Å²) in [6.07, 6.45) is 3.75. The Morgan fingerprint density at radius 3 is 2.16 bits per heavy atom. The molecule has 0 saturated carbocycles. The van der Waals surface area contributed by atoms with Crippen molar-refractivity contribution in [2.24, 2.45) is 0 Å². The molecule has 0 unspecified atom stereocenters. The van der Waals surface area contributed by atoms with E-state index in [4.69, 9.17) is 18.8 Å². The normalized spacial score (nSPS) is 12.2. The number of anilines is 3. The summed E-state index contributed by atoms with van der Waals surface area (Å²) in [5.74, 6) is 0.752. The van der Waals surface area contributed by atoms with Crippen LogP contribution in [0.4, 0.5) is 17.2 Å². The molecular weight excluding hydrogens is 530 g/mol. The summed E-state index contributed by atoms with van der Waals surface area (Å²) in [6.45, 7) is 0. The summed E-state index contributed by atoms with van der Waals surface area (Å²) in [4.78, 5) is 12.1. The van der Waals surface area contributed by atoms with Crippen LogP contribution in [-0.4, -0.2) is 9.97 Å². The molecular formula is C38H21N3O2. The van der Waals surface area contributed by atoms with Gasteiger partial charge in [-0.05, 0) is 75.5 Å². The quantitative estimate of drug-likeness (QED) is 0.219. The van der Waals surface area contributed by atoms with Crippen LogP contribution in [0.1, 0.15) is 0 Å². The van der Waals surface area contributed by atoms with Gasteiger partial charge in [-0.1, -0.05) is 72.8 Å². The number of rotatable bonds is 3. The van der Waals surface area contributed by atoms with Gasteiger partial charge in [0.05, 0.1) is 6.20 Å². The molecule has 1 aliphatic rings. The number of fused-ring (bicyclic) bond motifs is 9. The van der Waals surface area contributed by atoms with Crippen LogP contribution in [-0.2, 0) is 0 Å². The van der Waals surface area contributed by atoms with E-state index >= 15 is 0 Å². The summed E-state index contributed by atoms with van der Waals surface area (Å²) >= 11 is 0. The highest BCUT2D eigenvalue weighted by atomic mass is 16.3. The Morgan fingerprint density at radius 1 is 0.535 bits per heavy atom. The van der Waals surface area contributed by atoms with E-state index in [9.17, 15) is 0 Å². The molecule has 4 heterocycles. The predicted molar refractivity (Wildman–Crippen MR) is 173 cm³/mol. The first-order chi connectivity index (χ1) is 21.3. The second-order valence-electron chi connectivity index (χ2n) is 11.0. The minimum Gasteiger partial charge on any atom is -0.454 e. The molecule has 0 aliphatic heterocycles. The van der Waals surface area contributed by atoms with E-state index in [2.05, 4.69) is 71.6 Å². The first-order valence-electron chi connectivity index (χ1n) is 14.3. The number of pyridine rings is 2. The van der Waals surface area contributed by atoms with Crippen molar-refractivity contribution in [1.82, 2.24) is 9.97 Å². The summed E-state index contributed by atoms with van der Waals surface area (Å²) in [5.41, 5.74) is 10.7. The molecule has 43 heavy (non-hydrogen) atoms. The zero-order chi connectivity index (χ0) is 28.1. The van der Waals surface area contributed by atoms with Gasteiger partial charge in [0, 0.05) is 28.0 Å². The first kappa shape index (κ1) is 22.7. The monoisotopic (exact) mass is 551 g/mol. The number of hydrogen-bond donors (Lipinski definition) is 0. The van der Waals surface area contributed by atoms with Crippen molar-refractivity contribution < 1.29 is 8.83 Å². The SMILES string of the molecule is c1cc2c3c(cccc3c1)-c1cc(N(c3ccc4oc5ccccc5c4n3)c3cncc4c3oc3ccccc34)ccc1-2. The predicted octanol–water partition coefficient (Wildman–Crippen LogP) is 10.5. The van der Waals surface area contributed by atoms with Gasteiger partial charge in [-0.2, -0.15) is 0 Å². The van der Waals surface area contributed by atoms with Crippen LogP contribution in [0.5, 0.6) is 0 Å². The zero-order valence-corrected chi connectivity index (χ0v) is 22.8. The van der Waals surface area contributed by atoms with Crippen molar-refractivity contribution in [2.45, 2.75) is 0 Å². The molecule has 10 rings (SSSR count). The summed E-state index contributed by atoms with van der Waals surface area (Å²) in [5, 5.41) is 5.53. The number of benzene rings is 5. The second-order valence-corrected chi connectivity index (χ2v) is 11.0. The molecule has 0 fully saturated rings. The van der Waals surface area contributed by atoms with E-state index in [0.717, 1.165) is 61.2 Å². The highest BCUT2D eigenvalue weighted by molar-refractivity contribution is 6.16. The fourth-order valence-electron chi connectivity index (χ4n) is 6.80. The molecule has 0 atom stereocenters. The van der Waals surface area contributed by atoms with E-state index in [1.165, 1.54) is 33.0 Å². The lowest BCUT2D eigenvalue weighted by Crippen LogP contribution is -2.12. The van der Waals surface area contributed by atoms with Crippen molar-refractivity contribution in [2.75, 3.05) is 4.90 Å². The van der Waals surface area contributed by atoms with E-state index in [1.807, 2.05) is 60.9 Å². The smallest absolute Gasteiger partial charge is 0.162 e. The largest absolute Gasteiger partial charge is 0.454 e. The lowest BCUT2D eigenvalue weighted by atomic mass is 10.0. The van der Waals surface area contributed by atoms with E-state index in [1.54, 1.807) is 0 Å². The maximum Gasteiger partial charge on any atom is 0.162 e. The van der Waals surface area contributed by atoms with Crippen molar-refractivity contribution in [3.8, 4) is 22.3 Å². The molecule has 0 spiro atoms. The molecule has 200 valence electrons. The first-order valence-corrected chi connectivity index (χ1v) is 14.3. The maximum absolute atomic E-state index is 6.51. The number of furan rings is 2. The Kier molecular flexibility index (Phi) is 4.39. The Balaban J connectivity index is 1.26. The lowest BCUT2D eigenvalue weighted by molar-refractivity contribution is 0.668. The number of hydrogen-bond acceptors (Lipinski definition) is 5. The van der Waals surface area contributed by atoms with Gasteiger partial charge in [-0.25, -0.2) is 4.98 Å². The van der Waals surface area contributed by atoms with Gasteiger partial charge in [0.2, 0.25) is 0 Å². The van der Waals surface area contributed by atoms with Gasteiger partial charge in [0.1, 0.15) is 28.2 Å². The Morgan fingerprint density at radius 2 is 1.30 bits per heavy atom. The highest BCUT2D eigenvalue weighted by Crippen LogP contribution is 2.50. The molecule has 0 radical (unpaired) electrons. The van der Waals surface area contributed by atoms with Crippen LogP contribution in [0.25, 0.3) is 77.0 Å². The minimum atomic E-state index is 0.751. The molecule has 4 aromatic heterocycles. The zero-order valence-electron chi connectivity index (χ0n) is 22.8. The molecule has 1 aliphatic carbocycles. The van der Waals surface area contributed by atoms with Crippen molar-refractivity contribution >= 4 is 72.0 Å². The highest BCUT2D eigenvalue weighted by Gasteiger charge is 2.26. The molecule has 0 saturated heterocycles. The molecule has 5 aromatic carbocycles. The molecule has 0 N–H and O–H groups in total. The Hall–Kier alpha value is -5.94. The minimum absolute atomic E-state index is 0.751. The lowest BCUT2D eigenvalue weighted by Gasteiger charge is -2.24. The van der Waals surface area contributed by atoms with E-state index in [-0.39, 0.29) is 0 Å². The third kappa shape index (κ3) is 3.11. The number of aromatic nitrogens is 2. The van der Waals surface area contributed by atoms with Crippen molar-refractivity contribution in [3.63, 3.8) is 0 Å². The molecule has 5 nitrogen and oxygen atoms in total. The summed E-state index contributed by atoms with van der Waals surface area (Å²) < 4.78 is 12.6. The van der Waals surface area contributed by atoms with E-state index < -0.39 is 0 Å². The molecule has 9 aromatic rings. The second kappa shape index (κ2) is 8.30. The summed E-state index contributed by atoms with van der Waals surface area (Å²) in [7, 11) is 0. The average Bonchev–Trinajstić information content (AvgIpc) is 3.73. The maximum atomic E-state index is 6.51. The Labute approximate surface area is 245 Å². The van der Waals surface area contributed by atoms with Crippen LogP contribution in [0.2, 0.25) is 0 Å². The van der Waals surface area contributed by atoms with Crippen LogP contribution >= 0.6 is 0 Å². The van der Waals surface area contributed by atoms with Crippen molar-refractivity contribution in [3.05, 3.63) is 128 Å². The topological polar surface area (TPSA) is 55.3 Å². The number of para-hydroxylation sites is 2. The van der Waals surface area contributed by atoms with Gasteiger partial charge in [0.25, 0.3) is 0 Å². The van der Waals surface area contributed by atoms with Crippen LogP contribution < -0.4 is 4.90 Å². The van der Waals surface area contributed by atoms with E-state index in [0.29, 0.717) is 0 Å². The van der Waals surface area contributed by atoms with Crippen LogP contribution in [0, 0.1) is 0 Å². The summed E-state index contributed by atoms with van der Waals surface area (Å²) in [6, 6.07) is 39.9. The molecule has 5 heteroatoms. The third-order valence-electron chi connectivity index (χ3n) is 8.69. The van der Waals surface area contributed by atoms with Gasteiger partial charge in [-0.3, -0.25) is 9.88 Å². The van der Waals surface area contributed by atoms with Crippen LogP contribution in [0.15, 0.2) is 136 Å². The average molecular weight is 552 g/mol. The third-order valence-corrected chi connectivity index (χ3v) is 8.69. The fraction of sp³-hybridized carbons (Fsp3) is 0. The van der Waals surface area contributed by atoms with Gasteiger partial charge in [0.15, 0.2) is 11.2 Å². The molecule has 0 bridgehead atoms.